The van der Waals surface area contributed by atoms with E-state index in [2.05, 4.69) is 0 Å². The average Bonchev–Trinajstić information content (AvgIpc) is 2.63. The van der Waals surface area contributed by atoms with Gasteiger partial charge in [-0.1, -0.05) is 42.5 Å². The molecule has 118 valence electrons. The maximum atomic E-state index is 12.5. The molecular formula is C20H14O4. The van der Waals surface area contributed by atoms with Gasteiger partial charge in [0.05, 0.1) is 5.56 Å². The summed E-state index contributed by atoms with van der Waals surface area (Å²) in [5.41, 5.74) is 0.529. The normalized spacial score (nSPS) is 10.2. The van der Waals surface area contributed by atoms with Crippen LogP contribution in [0.3, 0.4) is 0 Å². The number of carbonyl (C=O) groups is 2. The molecule has 0 amide bonds. The van der Waals surface area contributed by atoms with Gasteiger partial charge in [-0.15, -0.1) is 0 Å². The smallest absolute Gasteiger partial charge is 0.237 e. The monoisotopic (exact) mass is 318 g/mol. The van der Waals surface area contributed by atoms with Gasteiger partial charge in [0.2, 0.25) is 11.6 Å². The molecule has 3 aromatic rings. The molecule has 0 radical (unpaired) electrons. The Bertz CT molecular complexity index is 868. The molecule has 4 heteroatoms. The first-order valence-corrected chi connectivity index (χ1v) is 7.35. The zero-order valence-corrected chi connectivity index (χ0v) is 12.7. The molecule has 0 unspecified atom stereocenters. The van der Waals surface area contributed by atoms with Crippen molar-refractivity contribution in [1.29, 1.82) is 0 Å². The molecule has 0 atom stereocenters. The molecule has 0 aliphatic carbocycles. The molecule has 0 heterocycles. The fourth-order valence-corrected chi connectivity index (χ4v) is 2.23. The van der Waals surface area contributed by atoms with Crippen molar-refractivity contribution in [3.63, 3.8) is 0 Å². The summed E-state index contributed by atoms with van der Waals surface area (Å²) in [4.78, 5) is 24.9. The summed E-state index contributed by atoms with van der Waals surface area (Å²) < 4.78 is 5.69. The fraction of sp³-hybridized carbons (Fsp3) is 0. The van der Waals surface area contributed by atoms with Crippen LogP contribution in [0.5, 0.6) is 17.2 Å². The number of rotatable bonds is 5. The second-order valence-electron chi connectivity index (χ2n) is 5.12. The van der Waals surface area contributed by atoms with E-state index in [1.165, 1.54) is 12.1 Å². The van der Waals surface area contributed by atoms with Gasteiger partial charge in [-0.25, -0.2) is 0 Å². The molecule has 0 aromatic heterocycles. The highest BCUT2D eigenvalue weighted by molar-refractivity contribution is 6.49. The van der Waals surface area contributed by atoms with Crippen LogP contribution in [0.2, 0.25) is 0 Å². The third-order valence-electron chi connectivity index (χ3n) is 3.44. The van der Waals surface area contributed by atoms with Crippen LogP contribution in [0.25, 0.3) is 0 Å². The van der Waals surface area contributed by atoms with Crippen molar-refractivity contribution in [2.45, 2.75) is 0 Å². The van der Waals surface area contributed by atoms with Gasteiger partial charge in [0, 0.05) is 5.56 Å². The van der Waals surface area contributed by atoms with Crippen LogP contribution in [0.4, 0.5) is 0 Å². The van der Waals surface area contributed by atoms with Crippen molar-refractivity contribution < 1.29 is 19.4 Å². The standard InChI is InChI=1S/C20H14O4/c21-15-10-12-16(13-11-15)24-18-9-5-4-8-17(18)20(23)19(22)14-6-2-1-3-7-14/h1-13,21H. The Balaban J connectivity index is 1.90. The molecule has 0 saturated carbocycles. The Morgan fingerprint density at radius 1 is 0.708 bits per heavy atom. The lowest BCUT2D eigenvalue weighted by atomic mass is 10.0. The second kappa shape index (κ2) is 6.79. The van der Waals surface area contributed by atoms with Crippen LogP contribution in [0, 0.1) is 0 Å². The molecule has 4 nitrogen and oxygen atoms in total. The fourth-order valence-electron chi connectivity index (χ4n) is 2.23. The van der Waals surface area contributed by atoms with Gasteiger partial charge in [-0.2, -0.15) is 0 Å². The highest BCUT2D eigenvalue weighted by Gasteiger charge is 2.21. The number of Topliss-reactive ketones (excluding diaryl/α,β-unsaturated/α-hetero) is 2. The van der Waals surface area contributed by atoms with Crippen LogP contribution in [0.1, 0.15) is 20.7 Å². The van der Waals surface area contributed by atoms with E-state index in [-0.39, 0.29) is 17.1 Å². The molecule has 3 rings (SSSR count). The summed E-state index contributed by atoms with van der Waals surface area (Å²) in [6.45, 7) is 0. The first-order valence-electron chi connectivity index (χ1n) is 7.35. The lowest BCUT2D eigenvalue weighted by Crippen LogP contribution is -2.15. The Labute approximate surface area is 139 Å². The van der Waals surface area contributed by atoms with E-state index in [1.54, 1.807) is 66.7 Å². The summed E-state index contributed by atoms with van der Waals surface area (Å²) in [5, 5.41) is 9.31. The van der Waals surface area contributed by atoms with Crippen LogP contribution in [-0.4, -0.2) is 16.7 Å². The number of phenolic OH excluding ortho intramolecular Hbond substituents is 1. The van der Waals surface area contributed by atoms with Crippen molar-refractivity contribution in [3.8, 4) is 17.2 Å². The van der Waals surface area contributed by atoms with Crippen LogP contribution >= 0.6 is 0 Å². The lowest BCUT2D eigenvalue weighted by molar-refractivity contribution is 0.0815. The van der Waals surface area contributed by atoms with E-state index in [0.717, 1.165) is 0 Å². The van der Waals surface area contributed by atoms with Gasteiger partial charge in [0.1, 0.15) is 17.2 Å². The number of ether oxygens (including phenoxy) is 1. The Morgan fingerprint density at radius 2 is 1.33 bits per heavy atom. The number of hydrogen-bond donors (Lipinski definition) is 1. The molecule has 0 saturated heterocycles. The second-order valence-corrected chi connectivity index (χ2v) is 5.12. The van der Waals surface area contributed by atoms with Gasteiger partial charge in [0.15, 0.2) is 0 Å². The zero-order chi connectivity index (χ0) is 16.9. The minimum atomic E-state index is -0.629. The van der Waals surface area contributed by atoms with Gasteiger partial charge >= 0.3 is 0 Å². The van der Waals surface area contributed by atoms with E-state index in [9.17, 15) is 14.7 Å². The van der Waals surface area contributed by atoms with Gasteiger partial charge in [0.25, 0.3) is 0 Å². The number of aromatic hydroxyl groups is 1. The Kier molecular flexibility index (Phi) is 4.38. The van der Waals surface area contributed by atoms with Crippen molar-refractivity contribution >= 4 is 11.6 Å². The molecule has 3 aromatic carbocycles. The number of hydrogen-bond acceptors (Lipinski definition) is 4. The van der Waals surface area contributed by atoms with Crippen molar-refractivity contribution in [2.24, 2.45) is 0 Å². The first-order chi connectivity index (χ1) is 11.6. The van der Waals surface area contributed by atoms with Crippen molar-refractivity contribution in [1.82, 2.24) is 0 Å². The predicted octanol–water partition coefficient (Wildman–Crippen LogP) is 4.25. The maximum Gasteiger partial charge on any atom is 0.237 e. The number of carbonyl (C=O) groups excluding carboxylic acids is 2. The molecular weight excluding hydrogens is 304 g/mol. The van der Waals surface area contributed by atoms with E-state index in [1.807, 2.05) is 0 Å². The zero-order valence-electron chi connectivity index (χ0n) is 12.7. The Morgan fingerprint density at radius 3 is 2.04 bits per heavy atom. The minimum Gasteiger partial charge on any atom is -0.508 e. The Hall–Kier alpha value is -3.40. The van der Waals surface area contributed by atoms with Gasteiger partial charge in [-0.3, -0.25) is 9.59 Å². The summed E-state index contributed by atoms with van der Waals surface area (Å²) in [6, 6.07) is 21.1. The van der Waals surface area contributed by atoms with Crippen LogP contribution in [-0.2, 0) is 0 Å². The molecule has 0 aliphatic heterocycles. The average molecular weight is 318 g/mol. The molecule has 0 fully saturated rings. The summed E-state index contributed by atoms with van der Waals surface area (Å²) in [7, 11) is 0. The van der Waals surface area contributed by atoms with Crippen molar-refractivity contribution in [3.05, 3.63) is 90.0 Å². The van der Waals surface area contributed by atoms with E-state index in [4.69, 9.17) is 4.74 Å². The van der Waals surface area contributed by atoms with E-state index >= 15 is 0 Å². The third kappa shape index (κ3) is 3.33. The highest BCUT2D eigenvalue weighted by atomic mass is 16.5. The number of benzene rings is 3. The van der Waals surface area contributed by atoms with E-state index in [0.29, 0.717) is 11.3 Å². The summed E-state index contributed by atoms with van der Waals surface area (Å²) in [5.74, 6) is -0.350. The first kappa shape index (κ1) is 15.5. The predicted molar refractivity (Wildman–Crippen MR) is 89.7 cm³/mol. The topological polar surface area (TPSA) is 63.6 Å². The summed E-state index contributed by atoms with van der Waals surface area (Å²) in [6.07, 6.45) is 0. The SMILES string of the molecule is O=C(C(=O)c1ccccc1Oc1ccc(O)cc1)c1ccccc1. The maximum absolute atomic E-state index is 12.5. The molecule has 1 N–H and O–H groups in total. The van der Waals surface area contributed by atoms with Gasteiger partial charge in [-0.05, 0) is 36.4 Å². The van der Waals surface area contributed by atoms with E-state index < -0.39 is 11.6 Å². The van der Waals surface area contributed by atoms with Gasteiger partial charge < -0.3 is 9.84 Å². The van der Waals surface area contributed by atoms with Crippen LogP contribution < -0.4 is 4.74 Å². The number of para-hydroxylation sites is 1. The molecule has 0 bridgehead atoms. The third-order valence-corrected chi connectivity index (χ3v) is 3.44. The highest BCUT2D eigenvalue weighted by Crippen LogP contribution is 2.27. The molecule has 0 spiro atoms. The summed E-state index contributed by atoms with van der Waals surface area (Å²) >= 11 is 0. The lowest BCUT2D eigenvalue weighted by Gasteiger charge is -2.10. The van der Waals surface area contributed by atoms with Crippen molar-refractivity contribution in [2.75, 3.05) is 0 Å². The molecule has 24 heavy (non-hydrogen) atoms. The molecule has 0 aliphatic rings. The van der Waals surface area contributed by atoms with Crippen LogP contribution in [0.15, 0.2) is 78.9 Å². The number of ketones is 2. The quantitative estimate of drug-likeness (QED) is 0.564. The number of phenols is 1. The largest absolute Gasteiger partial charge is 0.508 e. The minimum absolute atomic E-state index is 0.117.